The molecular formula is C23H35ClN2O. The highest BCUT2D eigenvalue weighted by atomic mass is 35.5. The second kappa shape index (κ2) is 12.2. The number of allylic oxidation sites excluding steroid dienone is 1. The summed E-state index contributed by atoms with van der Waals surface area (Å²) in [6, 6.07) is 10.3. The van der Waals surface area contributed by atoms with Crippen molar-refractivity contribution in [2.24, 2.45) is 11.1 Å². The molecule has 1 aliphatic rings. The van der Waals surface area contributed by atoms with Crippen LogP contribution >= 0.6 is 11.6 Å². The first-order chi connectivity index (χ1) is 13.2. The molecule has 0 aromatic heterocycles. The molecule has 0 spiro atoms. The second-order valence-electron chi connectivity index (χ2n) is 7.23. The third-order valence-electron chi connectivity index (χ3n) is 5.41. The molecular weight excluding hydrogens is 356 g/mol. The Morgan fingerprint density at radius 3 is 2.56 bits per heavy atom. The van der Waals surface area contributed by atoms with Gasteiger partial charge in [-0.25, -0.2) is 0 Å². The first-order valence-corrected chi connectivity index (χ1v) is 11.0. The predicted molar refractivity (Wildman–Crippen MR) is 117 cm³/mol. The number of oxime groups is 1. The zero-order valence-corrected chi connectivity index (χ0v) is 18.0. The van der Waals surface area contributed by atoms with Crippen molar-refractivity contribution in [2.45, 2.75) is 59.3 Å². The number of benzene rings is 1. The van der Waals surface area contributed by atoms with Crippen LogP contribution in [0, 0.1) is 5.92 Å². The molecule has 0 aliphatic heterocycles. The molecule has 1 atom stereocenters. The Balaban J connectivity index is 2.26. The zero-order valence-electron chi connectivity index (χ0n) is 17.2. The number of hydrogen-bond acceptors (Lipinski definition) is 3. The Labute approximate surface area is 170 Å². The van der Waals surface area contributed by atoms with Crippen molar-refractivity contribution < 1.29 is 4.84 Å². The molecule has 4 heteroatoms. The van der Waals surface area contributed by atoms with Gasteiger partial charge in [-0.05, 0) is 49.9 Å². The molecule has 0 heterocycles. The van der Waals surface area contributed by atoms with Gasteiger partial charge in [0.2, 0.25) is 0 Å². The Morgan fingerprint density at radius 1 is 1.15 bits per heavy atom. The molecule has 150 valence electrons. The van der Waals surface area contributed by atoms with Crippen LogP contribution in [0.15, 0.2) is 41.1 Å². The third kappa shape index (κ3) is 6.65. The largest absolute Gasteiger partial charge is 0.394 e. The van der Waals surface area contributed by atoms with Gasteiger partial charge in [0.1, 0.15) is 6.61 Å². The fourth-order valence-electron chi connectivity index (χ4n) is 3.77. The van der Waals surface area contributed by atoms with Gasteiger partial charge in [0.05, 0.1) is 10.7 Å². The molecule has 0 saturated heterocycles. The van der Waals surface area contributed by atoms with Crippen LogP contribution in [0.3, 0.4) is 0 Å². The molecule has 1 fully saturated rings. The summed E-state index contributed by atoms with van der Waals surface area (Å²) in [6.07, 6.45) is 6.84. The van der Waals surface area contributed by atoms with Crippen molar-refractivity contribution in [3.8, 4) is 0 Å². The van der Waals surface area contributed by atoms with Gasteiger partial charge in [0.15, 0.2) is 0 Å². The van der Waals surface area contributed by atoms with Gasteiger partial charge in [0, 0.05) is 12.5 Å². The average Bonchev–Trinajstić information content (AvgIpc) is 2.91. The molecule has 0 N–H and O–H groups in total. The fourth-order valence-corrected chi connectivity index (χ4v) is 4.09. The van der Waals surface area contributed by atoms with Gasteiger partial charge in [-0.3, -0.25) is 0 Å². The predicted octanol–water partition coefficient (Wildman–Crippen LogP) is 6.34. The SMILES string of the molecule is CCCC1CCCCC(=C(\Cl)c2ccccc2)/C1=N/OCCN(CC)CC. The second-order valence-corrected chi connectivity index (χ2v) is 7.60. The molecule has 1 aromatic rings. The Kier molecular flexibility index (Phi) is 9.93. The topological polar surface area (TPSA) is 24.8 Å². The lowest BCUT2D eigenvalue weighted by Crippen LogP contribution is -2.27. The van der Waals surface area contributed by atoms with Crippen LogP contribution in [-0.2, 0) is 4.84 Å². The summed E-state index contributed by atoms with van der Waals surface area (Å²) in [5.41, 5.74) is 3.34. The van der Waals surface area contributed by atoms with E-state index in [9.17, 15) is 0 Å². The van der Waals surface area contributed by atoms with E-state index >= 15 is 0 Å². The summed E-state index contributed by atoms with van der Waals surface area (Å²) in [5, 5.41) is 5.50. The molecule has 1 unspecified atom stereocenters. The maximum atomic E-state index is 6.86. The summed E-state index contributed by atoms with van der Waals surface area (Å²) in [4.78, 5) is 8.16. The van der Waals surface area contributed by atoms with Crippen molar-refractivity contribution in [3.63, 3.8) is 0 Å². The van der Waals surface area contributed by atoms with Crippen LogP contribution in [0.5, 0.6) is 0 Å². The van der Waals surface area contributed by atoms with Crippen LogP contribution in [0.1, 0.15) is 64.9 Å². The van der Waals surface area contributed by atoms with E-state index in [1.165, 1.54) is 18.4 Å². The van der Waals surface area contributed by atoms with E-state index in [2.05, 4.69) is 43.0 Å². The molecule has 27 heavy (non-hydrogen) atoms. The molecule has 0 bridgehead atoms. The van der Waals surface area contributed by atoms with Crippen LogP contribution in [0.4, 0.5) is 0 Å². The minimum absolute atomic E-state index is 0.443. The van der Waals surface area contributed by atoms with Crippen LogP contribution in [0.2, 0.25) is 0 Å². The van der Waals surface area contributed by atoms with E-state index in [1.807, 2.05) is 18.2 Å². The minimum Gasteiger partial charge on any atom is -0.394 e. The maximum absolute atomic E-state index is 6.86. The summed E-state index contributed by atoms with van der Waals surface area (Å²) in [5.74, 6) is 0.443. The number of nitrogens with zero attached hydrogens (tertiary/aromatic N) is 2. The van der Waals surface area contributed by atoms with Gasteiger partial charge in [-0.15, -0.1) is 0 Å². The average molecular weight is 391 g/mol. The Morgan fingerprint density at radius 2 is 1.89 bits per heavy atom. The summed E-state index contributed by atoms with van der Waals surface area (Å²) >= 11 is 6.86. The lowest BCUT2D eigenvalue weighted by Gasteiger charge is -2.20. The highest BCUT2D eigenvalue weighted by Gasteiger charge is 2.25. The van der Waals surface area contributed by atoms with Crippen LogP contribution in [0.25, 0.3) is 5.03 Å². The molecule has 0 amide bonds. The number of hydrogen-bond donors (Lipinski definition) is 0. The van der Waals surface area contributed by atoms with E-state index in [0.29, 0.717) is 12.5 Å². The number of halogens is 1. The quantitative estimate of drug-likeness (QED) is 0.279. The Bertz CT molecular complexity index is 608. The molecule has 2 rings (SSSR count). The third-order valence-corrected chi connectivity index (χ3v) is 5.86. The van der Waals surface area contributed by atoms with E-state index in [-0.39, 0.29) is 0 Å². The van der Waals surface area contributed by atoms with Crippen molar-refractivity contribution >= 4 is 22.3 Å². The van der Waals surface area contributed by atoms with Gasteiger partial charge >= 0.3 is 0 Å². The smallest absolute Gasteiger partial charge is 0.129 e. The van der Waals surface area contributed by atoms with E-state index in [1.54, 1.807) is 0 Å². The van der Waals surface area contributed by atoms with Gasteiger partial charge in [-0.1, -0.05) is 80.7 Å². The van der Waals surface area contributed by atoms with E-state index in [0.717, 1.165) is 61.6 Å². The van der Waals surface area contributed by atoms with E-state index in [4.69, 9.17) is 16.4 Å². The highest BCUT2D eigenvalue weighted by molar-refractivity contribution is 6.51. The molecule has 0 radical (unpaired) electrons. The van der Waals surface area contributed by atoms with Crippen LogP contribution < -0.4 is 0 Å². The van der Waals surface area contributed by atoms with Gasteiger partial charge in [-0.2, -0.15) is 0 Å². The normalized spacial score (nSPS) is 21.4. The Hall–Kier alpha value is -1.32. The maximum Gasteiger partial charge on any atom is 0.129 e. The number of likely N-dealkylation sites (N-methyl/N-ethyl adjacent to an activating group) is 1. The molecule has 1 saturated carbocycles. The summed E-state index contributed by atoms with van der Waals surface area (Å²) in [6.45, 7) is 10.2. The molecule has 3 nitrogen and oxygen atoms in total. The van der Waals surface area contributed by atoms with Crippen molar-refractivity contribution in [2.75, 3.05) is 26.2 Å². The minimum atomic E-state index is 0.443. The standard InChI is InChI=1S/C23H35ClN2O/c1-4-12-20-15-10-11-16-21(22(24)19-13-8-7-9-14-19)23(20)25-27-18-17-26(5-2)6-3/h7-9,13-14,20H,4-6,10-12,15-18H2,1-3H3/b22-21+,25-23+. The van der Waals surface area contributed by atoms with E-state index < -0.39 is 0 Å². The highest BCUT2D eigenvalue weighted by Crippen LogP contribution is 2.35. The van der Waals surface area contributed by atoms with Gasteiger partial charge in [0.25, 0.3) is 0 Å². The van der Waals surface area contributed by atoms with Crippen molar-refractivity contribution in [3.05, 3.63) is 41.5 Å². The summed E-state index contributed by atoms with van der Waals surface area (Å²) < 4.78 is 0. The lowest BCUT2D eigenvalue weighted by atomic mass is 9.90. The summed E-state index contributed by atoms with van der Waals surface area (Å²) in [7, 11) is 0. The fraction of sp³-hybridized carbons (Fsp3) is 0.609. The first kappa shape index (κ1) is 22.0. The molecule has 1 aromatic carbocycles. The van der Waals surface area contributed by atoms with Gasteiger partial charge < -0.3 is 9.74 Å². The van der Waals surface area contributed by atoms with Crippen LogP contribution in [-0.4, -0.2) is 36.9 Å². The molecule has 1 aliphatic carbocycles. The van der Waals surface area contributed by atoms with Crippen molar-refractivity contribution in [1.82, 2.24) is 4.90 Å². The zero-order chi connectivity index (χ0) is 19.5. The first-order valence-electron chi connectivity index (χ1n) is 10.6. The monoisotopic (exact) mass is 390 g/mol. The number of rotatable bonds is 9. The lowest BCUT2D eigenvalue weighted by molar-refractivity contribution is 0.113. The van der Waals surface area contributed by atoms with Crippen molar-refractivity contribution in [1.29, 1.82) is 0 Å².